The zero-order valence-corrected chi connectivity index (χ0v) is 14.3. The molecule has 0 saturated heterocycles. The summed E-state index contributed by atoms with van der Waals surface area (Å²) in [5.41, 5.74) is 0.0942. The molecule has 1 rings (SSSR count). The SMILES string of the molecule is C=CC(=O)O/C=C\OOCCOC(=O)C(=O)c1ccc(OC)c(OC)c1. The van der Waals surface area contributed by atoms with E-state index in [2.05, 4.69) is 21.1 Å². The summed E-state index contributed by atoms with van der Waals surface area (Å²) in [7, 11) is 2.86. The first-order chi connectivity index (χ1) is 12.5. The van der Waals surface area contributed by atoms with E-state index in [-0.39, 0.29) is 18.8 Å². The lowest BCUT2D eigenvalue weighted by molar-refractivity contribution is -0.255. The number of esters is 2. The smallest absolute Gasteiger partial charge is 0.379 e. The van der Waals surface area contributed by atoms with Gasteiger partial charge < -0.3 is 23.8 Å². The van der Waals surface area contributed by atoms with Crippen LogP contribution in [0.4, 0.5) is 0 Å². The van der Waals surface area contributed by atoms with E-state index in [9.17, 15) is 14.4 Å². The lowest BCUT2D eigenvalue weighted by Crippen LogP contribution is -2.20. The Morgan fingerprint density at radius 1 is 1.04 bits per heavy atom. The lowest BCUT2D eigenvalue weighted by Gasteiger charge is -2.09. The second-order valence-electron chi connectivity index (χ2n) is 4.37. The van der Waals surface area contributed by atoms with Crippen molar-refractivity contribution in [1.82, 2.24) is 0 Å². The van der Waals surface area contributed by atoms with Gasteiger partial charge in [-0.2, -0.15) is 4.89 Å². The van der Waals surface area contributed by atoms with Crippen LogP contribution in [-0.4, -0.2) is 45.2 Å². The summed E-state index contributed by atoms with van der Waals surface area (Å²) in [5, 5.41) is 0. The highest BCUT2D eigenvalue weighted by Gasteiger charge is 2.19. The molecule has 0 bridgehead atoms. The fraction of sp³-hybridized carbons (Fsp3) is 0.235. The fourth-order valence-electron chi connectivity index (χ4n) is 1.58. The molecule has 0 spiro atoms. The van der Waals surface area contributed by atoms with E-state index >= 15 is 0 Å². The fourth-order valence-corrected chi connectivity index (χ4v) is 1.58. The molecule has 0 aliphatic rings. The maximum atomic E-state index is 12.0. The van der Waals surface area contributed by atoms with Crippen LogP contribution in [0.5, 0.6) is 11.5 Å². The van der Waals surface area contributed by atoms with Crippen LogP contribution >= 0.6 is 0 Å². The number of carbonyl (C=O) groups excluding carboxylic acids is 3. The van der Waals surface area contributed by atoms with Gasteiger partial charge in [-0.1, -0.05) is 6.58 Å². The minimum Gasteiger partial charge on any atom is -0.493 e. The maximum Gasteiger partial charge on any atom is 0.379 e. The van der Waals surface area contributed by atoms with Gasteiger partial charge in [0.05, 0.1) is 14.2 Å². The third-order valence-corrected chi connectivity index (χ3v) is 2.76. The Kier molecular flexibility index (Phi) is 8.97. The number of ketones is 1. The molecular formula is C17H18O9. The zero-order chi connectivity index (χ0) is 19.4. The van der Waals surface area contributed by atoms with Gasteiger partial charge in [0.15, 0.2) is 17.8 Å². The van der Waals surface area contributed by atoms with E-state index in [0.717, 1.165) is 18.6 Å². The van der Waals surface area contributed by atoms with Gasteiger partial charge >= 0.3 is 11.9 Å². The standard InChI is InChI=1S/C17H18O9/c1-4-15(18)23-7-9-25-26-10-8-24-17(20)16(19)12-5-6-13(21-2)14(11-12)22-3/h4-7,9,11H,1,8,10H2,2-3H3/b9-7-. The van der Waals surface area contributed by atoms with Crippen LogP contribution in [0.2, 0.25) is 0 Å². The highest BCUT2D eigenvalue weighted by atomic mass is 17.2. The number of benzene rings is 1. The summed E-state index contributed by atoms with van der Waals surface area (Å²) in [6.45, 7) is 2.83. The summed E-state index contributed by atoms with van der Waals surface area (Å²) in [5.74, 6) is -1.83. The van der Waals surface area contributed by atoms with E-state index in [1.165, 1.54) is 32.4 Å². The van der Waals surface area contributed by atoms with Crippen LogP contribution in [0.3, 0.4) is 0 Å². The molecule has 0 aliphatic heterocycles. The van der Waals surface area contributed by atoms with E-state index in [1.54, 1.807) is 0 Å². The Balaban J connectivity index is 2.36. The first-order valence-electron chi connectivity index (χ1n) is 7.23. The van der Waals surface area contributed by atoms with E-state index in [4.69, 9.17) is 14.2 Å². The molecule has 0 saturated carbocycles. The summed E-state index contributed by atoms with van der Waals surface area (Å²) in [6.07, 6.45) is 2.87. The number of ether oxygens (including phenoxy) is 4. The highest BCUT2D eigenvalue weighted by Crippen LogP contribution is 2.27. The van der Waals surface area contributed by atoms with E-state index in [0.29, 0.717) is 11.5 Å². The molecule has 0 N–H and O–H groups in total. The molecular weight excluding hydrogens is 348 g/mol. The van der Waals surface area contributed by atoms with Crippen molar-refractivity contribution in [2.24, 2.45) is 0 Å². The Morgan fingerprint density at radius 2 is 1.77 bits per heavy atom. The molecule has 0 radical (unpaired) electrons. The largest absolute Gasteiger partial charge is 0.493 e. The summed E-state index contributed by atoms with van der Waals surface area (Å²) >= 11 is 0. The molecule has 26 heavy (non-hydrogen) atoms. The Labute approximate surface area is 149 Å². The molecule has 0 fully saturated rings. The molecule has 0 amide bonds. The molecule has 140 valence electrons. The predicted molar refractivity (Wildman–Crippen MR) is 87.3 cm³/mol. The van der Waals surface area contributed by atoms with Crippen LogP contribution < -0.4 is 9.47 Å². The Bertz CT molecular complexity index is 679. The monoisotopic (exact) mass is 366 g/mol. The molecule has 1 aromatic carbocycles. The number of rotatable bonds is 11. The second kappa shape index (κ2) is 11.3. The number of carbonyl (C=O) groups is 3. The van der Waals surface area contributed by atoms with Crippen molar-refractivity contribution in [3.05, 3.63) is 48.9 Å². The number of Topliss-reactive ketones (excluding diaryl/α,β-unsaturated/α-hetero) is 1. The minimum atomic E-state index is -1.06. The molecule has 9 heteroatoms. The average Bonchev–Trinajstić information content (AvgIpc) is 2.68. The van der Waals surface area contributed by atoms with Gasteiger partial charge in [-0.25, -0.2) is 9.59 Å². The summed E-state index contributed by atoms with van der Waals surface area (Å²) in [6, 6.07) is 4.29. The summed E-state index contributed by atoms with van der Waals surface area (Å²) in [4.78, 5) is 43.5. The number of hydrogen-bond donors (Lipinski definition) is 0. The molecule has 0 aromatic heterocycles. The molecule has 0 unspecified atom stereocenters. The highest BCUT2D eigenvalue weighted by molar-refractivity contribution is 6.40. The third kappa shape index (κ3) is 6.65. The van der Waals surface area contributed by atoms with Crippen LogP contribution in [0.25, 0.3) is 0 Å². The molecule has 0 aliphatic carbocycles. The topological polar surface area (TPSA) is 107 Å². The van der Waals surface area contributed by atoms with Crippen molar-refractivity contribution in [1.29, 1.82) is 0 Å². The van der Waals surface area contributed by atoms with Gasteiger partial charge in [0, 0.05) is 11.6 Å². The van der Waals surface area contributed by atoms with Crippen molar-refractivity contribution in [2.75, 3.05) is 27.4 Å². The Morgan fingerprint density at radius 3 is 2.42 bits per heavy atom. The van der Waals surface area contributed by atoms with Gasteiger partial charge in [0.1, 0.15) is 19.5 Å². The van der Waals surface area contributed by atoms with Crippen LogP contribution in [0.15, 0.2) is 43.4 Å². The van der Waals surface area contributed by atoms with Crippen molar-refractivity contribution in [2.45, 2.75) is 0 Å². The van der Waals surface area contributed by atoms with Gasteiger partial charge in [-0.3, -0.25) is 4.79 Å². The Hall–Kier alpha value is -3.33. The molecule has 0 atom stereocenters. The van der Waals surface area contributed by atoms with Gasteiger partial charge in [0.25, 0.3) is 5.78 Å². The van der Waals surface area contributed by atoms with E-state index in [1.807, 2.05) is 0 Å². The van der Waals surface area contributed by atoms with Gasteiger partial charge in [-0.15, -0.1) is 0 Å². The number of methoxy groups -OCH3 is 2. The normalized spacial score (nSPS) is 10.1. The molecule has 0 heterocycles. The summed E-state index contributed by atoms with van der Waals surface area (Å²) < 4.78 is 19.3. The maximum absolute atomic E-state index is 12.0. The van der Waals surface area contributed by atoms with Crippen molar-refractivity contribution in [3.63, 3.8) is 0 Å². The zero-order valence-electron chi connectivity index (χ0n) is 14.3. The number of hydrogen-bond acceptors (Lipinski definition) is 9. The molecule has 9 nitrogen and oxygen atoms in total. The van der Waals surface area contributed by atoms with Gasteiger partial charge in [0.2, 0.25) is 0 Å². The van der Waals surface area contributed by atoms with Crippen molar-refractivity contribution >= 4 is 17.7 Å². The lowest BCUT2D eigenvalue weighted by atomic mass is 10.1. The van der Waals surface area contributed by atoms with Crippen LogP contribution in [-0.2, 0) is 28.8 Å². The van der Waals surface area contributed by atoms with Crippen molar-refractivity contribution < 1.29 is 43.1 Å². The first-order valence-corrected chi connectivity index (χ1v) is 7.23. The average molecular weight is 366 g/mol. The van der Waals surface area contributed by atoms with E-state index < -0.39 is 17.7 Å². The van der Waals surface area contributed by atoms with Gasteiger partial charge in [-0.05, 0) is 18.2 Å². The van der Waals surface area contributed by atoms with Crippen LogP contribution in [0, 0.1) is 0 Å². The first kappa shape index (κ1) is 20.7. The third-order valence-electron chi connectivity index (χ3n) is 2.76. The van der Waals surface area contributed by atoms with Crippen molar-refractivity contribution in [3.8, 4) is 11.5 Å². The minimum absolute atomic E-state index is 0.0942. The second-order valence-corrected chi connectivity index (χ2v) is 4.37. The van der Waals surface area contributed by atoms with Crippen LogP contribution in [0.1, 0.15) is 10.4 Å². The predicted octanol–water partition coefficient (Wildman–Crippen LogP) is 1.58. The molecule has 1 aromatic rings. The quantitative estimate of drug-likeness (QED) is 0.0843.